The molecule has 1 N–H and O–H groups in total. The number of halogens is 3. The highest BCUT2D eigenvalue weighted by atomic mass is 19.4. The third-order valence-electron chi connectivity index (χ3n) is 4.15. The Kier molecular flexibility index (Phi) is 5.51. The van der Waals surface area contributed by atoms with Crippen LogP contribution in [0.5, 0.6) is 0 Å². The lowest BCUT2D eigenvalue weighted by Crippen LogP contribution is -2.42. The van der Waals surface area contributed by atoms with Crippen LogP contribution in [0.4, 0.5) is 18.9 Å². The van der Waals surface area contributed by atoms with Crippen molar-refractivity contribution in [1.29, 1.82) is 0 Å². The molecule has 0 aromatic heterocycles. The van der Waals surface area contributed by atoms with Crippen molar-refractivity contribution < 1.29 is 22.8 Å². The molecule has 0 saturated carbocycles. The SMILES string of the molecule is CC(C)C(=O)Nc1cccc(C(=O)N2CCC(C(F)(F)F)CC2)c1. The second kappa shape index (κ2) is 7.23. The van der Waals surface area contributed by atoms with Crippen molar-refractivity contribution >= 4 is 17.5 Å². The summed E-state index contributed by atoms with van der Waals surface area (Å²) in [5, 5.41) is 2.71. The number of anilines is 1. The summed E-state index contributed by atoms with van der Waals surface area (Å²) in [6.07, 6.45) is -4.34. The van der Waals surface area contributed by atoms with Crippen LogP contribution in [0.25, 0.3) is 0 Å². The lowest BCUT2D eigenvalue weighted by molar-refractivity contribution is -0.183. The van der Waals surface area contributed by atoms with Crippen molar-refractivity contribution in [3.63, 3.8) is 0 Å². The van der Waals surface area contributed by atoms with Gasteiger partial charge in [0.2, 0.25) is 5.91 Å². The van der Waals surface area contributed by atoms with Gasteiger partial charge in [-0.2, -0.15) is 13.2 Å². The number of amides is 2. The zero-order valence-corrected chi connectivity index (χ0v) is 13.7. The standard InChI is InChI=1S/C17H21F3N2O2/c1-11(2)15(23)21-14-5-3-4-12(10-14)16(24)22-8-6-13(7-9-22)17(18,19)20/h3-5,10-11,13H,6-9H2,1-2H3,(H,21,23). The molecule has 132 valence electrons. The molecule has 0 aliphatic carbocycles. The Morgan fingerprint density at radius 3 is 2.38 bits per heavy atom. The number of nitrogens with one attached hydrogen (secondary N) is 1. The van der Waals surface area contributed by atoms with Gasteiger partial charge in [0.15, 0.2) is 0 Å². The molecule has 1 aliphatic rings. The number of benzene rings is 1. The topological polar surface area (TPSA) is 49.4 Å². The Hall–Kier alpha value is -2.05. The van der Waals surface area contributed by atoms with Gasteiger partial charge in [0.25, 0.3) is 5.91 Å². The molecule has 7 heteroatoms. The summed E-state index contributed by atoms with van der Waals surface area (Å²) in [6.45, 7) is 3.70. The van der Waals surface area contributed by atoms with Crippen LogP contribution in [-0.4, -0.2) is 36.0 Å². The molecule has 1 fully saturated rings. The smallest absolute Gasteiger partial charge is 0.339 e. The van der Waals surface area contributed by atoms with Gasteiger partial charge >= 0.3 is 6.18 Å². The molecule has 4 nitrogen and oxygen atoms in total. The summed E-state index contributed by atoms with van der Waals surface area (Å²) in [7, 11) is 0. The number of nitrogens with zero attached hydrogens (tertiary/aromatic N) is 1. The number of likely N-dealkylation sites (tertiary alicyclic amines) is 1. The van der Waals surface area contributed by atoms with E-state index in [1.807, 2.05) is 0 Å². The van der Waals surface area contributed by atoms with E-state index < -0.39 is 12.1 Å². The average Bonchev–Trinajstić information content (AvgIpc) is 2.53. The lowest BCUT2D eigenvalue weighted by Gasteiger charge is -2.33. The number of carbonyl (C=O) groups excluding carboxylic acids is 2. The van der Waals surface area contributed by atoms with E-state index >= 15 is 0 Å². The number of rotatable bonds is 3. The van der Waals surface area contributed by atoms with Crippen LogP contribution >= 0.6 is 0 Å². The maximum atomic E-state index is 12.7. The van der Waals surface area contributed by atoms with Crippen molar-refractivity contribution in [2.24, 2.45) is 11.8 Å². The van der Waals surface area contributed by atoms with Gasteiger partial charge in [0.05, 0.1) is 5.92 Å². The first-order valence-corrected chi connectivity index (χ1v) is 7.95. The second-order valence-electron chi connectivity index (χ2n) is 6.33. The molecule has 2 amide bonds. The maximum Gasteiger partial charge on any atom is 0.391 e. The Labute approximate surface area is 139 Å². The van der Waals surface area contributed by atoms with Crippen LogP contribution in [0.3, 0.4) is 0 Å². The van der Waals surface area contributed by atoms with Gasteiger partial charge < -0.3 is 10.2 Å². The minimum absolute atomic E-state index is 0.0704. The van der Waals surface area contributed by atoms with Gasteiger partial charge in [-0.25, -0.2) is 0 Å². The largest absolute Gasteiger partial charge is 0.391 e. The summed E-state index contributed by atoms with van der Waals surface area (Å²) < 4.78 is 38.1. The quantitative estimate of drug-likeness (QED) is 0.911. The summed E-state index contributed by atoms with van der Waals surface area (Å²) in [5.41, 5.74) is 0.867. The maximum absolute atomic E-state index is 12.7. The van der Waals surface area contributed by atoms with Crippen LogP contribution in [0.15, 0.2) is 24.3 Å². The van der Waals surface area contributed by atoms with E-state index in [1.165, 1.54) is 4.90 Å². The molecular formula is C17H21F3N2O2. The first kappa shape index (κ1) is 18.3. The molecule has 0 radical (unpaired) electrons. The number of hydrogen-bond donors (Lipinski definition) is 1. The van der Waals surface area contributed by atoms with E-state index in [0.717, 1.165) is 0 Å². The van der Waals surface area contributed by atoms with Crippen LogP contribution in [0, 0.1) is 11.8 Å². The number of hydrogen-bond acceptors (Lipinski definition) is 2. The number of carbonyl (C=O) groups is 2. The van der Waals surface area contributed by atoms with Crippen LogP contribution in [0.1, 0.15) is 37.0 Å². The zero-order chi connectivity index (χ0) is 17.9. The molecule has 1 saturated heterocycles. The fourth-order valence-corrected chi connectivity index (χ4v) is 2.61. The van der Waals surface area contributed by atoms with Gasteiger partial charge in [-0.3, -0.25) is 9.59 Å². The Morgan fingerprint density at radius 1 is 1.21 bits per heavy atom. The molecular weight excluding hydrogens is 321 g/mol. The Bertz CT molecular complexity index is 606. The third kappa shape index (κ3) is 4.49. The third-order valence-corrected chi connectivity index (χ3v) is 4.15. The summed E-state index contributed by atoms with van der Waals surface area (Å²) in [6, 6.07) is 6.47. The Balaban J connectivity index is 2.02. The van der Waals surface area contributed by atoms with Crippen LogP contribution in [0.2, 0.25) is 0 Å². The minimum atomic E-state index is -4.20. The van der Waals surface area contributed by atoms with E-state index in [1.54, 1.807) is 38.1 Å². The lowest BCUT2D eigenvalue weighted by atomic mass is 9.96. The number of piperidine rings is 1. The zero-order valence-electron chi connectivity index (χ0n) is 13.7. The molecule has 0 atom stereocenters. The Morgan fingerprint density at radius 2 is 1.83 bits per heavy atom. The fraction of sp³-hybridized carbons (Fsp3) is 0.529. The van der Waals surface area contributed by atoms with Gasteiger partial charge in [0, 0.05) is 30.3 Å². The summed E-state index contributed by atoms with van der Waals surface area (Å²) in [4.78, 5) is 25.6. The molecule has 24 heavy (non-hydrogen) atoms. The van der Waals surface area contributed by atoms with Gasteiger partial charge in [-0.05, 0) is 31.0 Å². The molecule has 0 bridgehead atoms. The number of alkyl halides is 3. The van der Waals surface area contributed by atoms with Crippen LogP contribution in [-0.2, 0) is 4.79 Å². The molecule has 0 unspecified atom stereocenters. The van der Waals surface area contributed by atoms with E-state index in [2.05, 4.69) is 5.32 Å². The van der Waals surface area contributed by atoms with Gasteiger partial charge in [-0.1, -0.05) is 19.9 Å². The van der Waals surface area contributed by atoms with Crippen molar-refractivity contribution in [3.8, 4) is 0 Å². The second-order valence-corrected chi connectivity index (χ2v) is 6.33. The highest BCUT2D eigenvalue weighted by Crippen LogP contribution is 2.34. The predicted octanol–water partition coefficient (Wildman–Crippen LogP) is 3.70. The molecule has 1 aromatic carbocycles. The predicted molar refractivity (Wildman–Crippen MR) is 84.6 cm³/mol. The first-order chi connectivity index (χ1) is 11.2. The van der Waals surface area contributed by atoms with Crippen molar-refractivity contribution in [1.82, 2.24) is 4.90 Å². The van der Waals surface area contributed by atoms with Crippen molar-refractivity contribution in [3.05, 3.63) is 29.8 Å². The van der Waals surface area contributed by atoms with E-state index in [9.17, 15) is 22.8 Å². The molecule has 1 aliphatic heterocycles. The fourth-order valence-electron chi connectivity index (χ4n) is 2.61. The van der Waals surface area contributed by atoms with E-state index in [4.69, 9.17) is 0 Å². The average molecular weight is 342 g/mol. The molecule has 1 heterocycles. The van der Waals surface area contributed by atoms with E-state index in [0.29, 0.717) is 11.3 Å². The first-order valence-electron chi connectivity index (χ1n) is 7.95. The monoisotopic (exact) mass is 342 g/mol. The van der Waals surface area contributed by atoms with E-state index in [-0.39, 0.29) is 43.7 Å². The van der Waals surface area contributed by atoms with Crippen molar-refractivity contribution in [2.45, 2.75) is 32.9 Å². The van der Waals surface area contributed by atoms with Crippen LogP contribution < -0.4 is 5.32 Å². The summed E-state index contributed by atoms with van der Waals surface area (Å²) >= 11 is 0. The van der Waals surface area contributed by atoms with Crippen molar-refractivity contribution in [2.75, 3.05) is 18.4 Å². The van der Waals surface area contributed by atoms with Gasteiger partial charge in [-0.15, -0.1) is 0 Å². The minimum Gasteiger partial charge on any atom is -0.339 e. The highest BCUT2D eigenvalue weighted by Gasteiger charge is 2.41. The van der Waals surface area contributed by atoms with Gasteiger partial charge in [0.1, 0.15) is 0 Å². The summed E-state index contributed by atoms with van der Waals surface area (Å²) in [5.74, 6) is -1.99. The highest BCUT2D eigenvalue weighted by molar-refractivity contribution is 5.97. The normalized spacial score (nSPS) is 16.3. The molecule has 0 spiro atoms. The molecule has 1 aromatic rings. The molecule has 2 rings (SSSR count).